The van der Waals surface area contributed by atoms with Crippen LogP contribution in [0.3, 0.4) is 0 Å². The van der Waals surface area contributed by atoms with Crippen LogP contribution in [-0.4, -0.2) is 59.4 Å². The Morgan fingerprint density at radius 3 is 2.44 bits per heavy atom. The lowest BCUT2D eigenvalue weighted by molar-refractivity contribution is -0.141. The van der Waals surface area contributed by atoms with Gasteiger partial charge in [-0.05, 0) is 37.1 Å². The van der Waals surface area contributed by atoms with E-state index in [0.29, 0.717) is 13.0 Å². The number of rotatable bonds is 8. The molecule has 9 nitrogen and oxygen atoms in total. The summed E-state index contributed by atoms with van der Waals surface area (Å²) in [6, 6.07) is 0.830. The lowest BCUT2D eigenvalue weighted by atomic mass is 9.91. The quantitative estimate of drug-likeness (QED) is 0.461. The Kier molecular flexibility index (Phi) is 8.65. The minimum Gasteiger partial charge on any atom is -0.368 e. The summed E-state index contributed by atoms with van der Waals surface area (Å²) in [4.78, 5) is 53.0. The molecule has 3 unspecified atom stereocenters. The van der Waals surface area contributed by atoms with Crippen LogP contribution < -0.4 is 21.7 Å². The van der Waals surface area contributed by atoms with Gasteiger partial charge < -0.3 is 26.6 Å². The van der Waals surface area contributed by atoms with Crippen molar-refractivity contribution >= 4 is 35.1 Å². The average Bonchev–Trinajstić information content (AvgIpc) is 3.28. The number of urea groups is 1. The topological polar surface area (TPSA) is 134 Å². The third kappa shape index (κ3) is 7.51. The van der Waals surface area contributed by atoms with Gasteiger partial charge in [0.1, 0.15) is 12.1 Å². The first-order valence-electron chi connectivity index (χ1n) is 10.9. The van der Waals surface area contributed by atoms with E-state index in [1.54, 1.807) is 0 Å². The molecule has 32 heavy (non-hydrogen) atoms. The van der Waals surface area contributed by atoms with Gasteiger partial charge in [0, 0.05) is 30.3 Å². The summed E-state index contributed by atoms with van der Waals surface area (Å²) >= 11 is 1.47. The van der Waals surface area contributed by atoms with Gasteiger partial charge in [0.05, 0.1) is 6.04 Å². The highest BCUT2D eigenvalue weighted by molar-refractivity contribution is 7.09. The smallest absolute Gasteiger partial charge is 0.315 e. The van der Waals surface area contributed by atoms with Gasteiger partial charge in [-0.2, -0.15) is 0 Å². The highest BCUT2D eigenvalue weighted by Crippen LogP contribution is 2.25. The Morgan fingerprint density at radius 1 is 1.22 bits per heavy atom. The van der Waals surface area contributed by atoms with E-state index in [2.05, 4.69) is 16.0 Å². The Balaban J connectivity index is 2.21. The number of carbonyl (C=O) groups excluding carboxylic acids is 4. The lowest BCUT2D eigenvalue weighted by Crippen LogP contribution is -2.59. The molecule has 0 aromatic carbocycles. The second-order valence-electron chi connectivity index (χ2n) is 9.68. The predicted molar refractivity (Wildman–Crippen MR) is 124 cm³/mol. The van der Waals surface area contributed by atoms with Crippen molar-refractivity contribution in [3.05, 3.63) is 22.4 Å². The van der Waals surface area contributed by atoms with Crippen LogP contribution in [-0.2, 0) is 20.8 Å². The van der Waals surface area contributed by atoms with Crippen LogP contribution in [0.2, 0.25) is 0 Å². The van der Waals surface area contributed by atoms with E-state index in [-0.39, 0.29) is 30.2 Å². The molecule has 178 valence electrons. The van der Waals surface area contributed by atoms with Crippen molar-refractivity contribution in [2.24, 2.45) is 11.1 Å². The molecule has 1 fully saturated rings. The molecule has 0 saturated carbocycles. The number of carbonyl (C=O) groups is 4. The Morgan fingerprint density at radius 2 is 1.91 bits per heavy atom. The molecule has 1 aliphatic heterocycles. The van der Waals surface area contributed by atoms with Crippen LogP contribution in [0.4, 0.5) is 4.79 Å². The molecule has 2 heterocycles. The van der Waals surface area contributed by atoms with Gasteiger partial charge in [-0.25, -0.2) is 4.79 Å². The van der Waals surface area contributed by atoms with Gasteiger partial charge in [0.15, 0.2) is 0 Å². The van der Waals surface area contributed by atoms with Gasteiger partial charge in [0.2, 0.25) is 17.7 Å². The molecule has 5 amide bonds. The molecule has 3 atom stereocenters. The summed E-state index contributed by atoms with van der Waals surface area (Å²) in [7, 11) is 0. The zero-order chi connectivity index (χ0) is 24.1. The maximum atomic E-state index is 13.3. The monoisotopic (exact) mass is 465 g/mol. The fraction of sp³-hybridized carbons (Fsp3) is 0.636. The van der Waals surface area contributed by atoms with Crippen molar-refractivity contribution in [3.63, 3.8) is 0 Å². The molecule has 0 spiro atoms. The number of hydrogen-bond acceptors (Lipinski definition) is 5. The van der Waals surface area contributed by atoms with Crippen LogP contribution in [0.25, 0.3) is 0 Å². The third-order valence-electron chi connectivity index (χ3n) is 5.05. The van der Waals surface area contributed by atoms with Gasteiger partial charge in [-0.15, -0.1) is 11.3 Å². The number of nitrogens with zero attached hydrogens (tertiary/aromatic N) is 1. The fourth-order valence-electron chi connectivity index (χ4n) is 3.68. The summed E-state index contributed by atoms with van der Waals surface area (Å²) in [5.74, 6) is -1.32. The highest BCUT2D eigenvalue weighted by atomic mass is 32.1. The third-order valence-corrected chi connectivity index (χ3v) is 5.95. The van der Waals surface area contributed by atoms with Crippen molar-refractivity contribution in [2.45, 2.75) is 78.0 Å². The van der Waals surface area contributed by atoms with Crippen molar-refractivity contribution in [1.82, 2.24) is 20.9 Å². The number of thiophene rings is 1. The SMILES string of the molecule is CC(C)NC(=O)NC1CCN(C(=O)CC(C)(C)C)C1C(=O)NC(Cc1cccs1)C(N)=O. The van der Waals surface area contributed by atoms with E-state index in [0.717, 1.165) is 4.88 Å². The first kappa shape index (κ1) is 25.6. The highest BCUT2D eigenvalue weighted by Gasteiger charge is 2.44. The number of nitrogens with two attached hydrogens (primary N) is 1. The first-order valence-corrected chi connectivity index (χ1v) is 11.7. The molecular formula is C22H35N5O4S. The van der Waals surface area contributed by atoms with E-state index in [1.807, 2.05) is 52.1 Å². The maximum absolute atomic E-state index is 13.3. The van der Waals surface area contributed by atoms with Gasteiger partial charge in [-0.1, -0.05) is 26.8 Å². The number of hydrogen-bond donors (Lipinski definition) is 4. The van der Waals surface area contributed by atoms with Gasteiger partial charge in [0.25, 0.3) is 0 Å². The Hall–Kier alpha value is -2.62. The molecule has 1 aliphatic rings. The van der Waals surface area contributed by atoms with E-state index in [4.69, 9.17) is 5.73 Å². The minimum atomic E-state index is -0.923. The van der Waals surface area contributed by atoms with Gasteiger partial charge in [-0.3, -0.25) is 14.4 Å². The van der Waals surface area contributed by atoms with E-state index in [9.17, 15) is 19.2 Å². The lowest BCUT2D eigenvalue weighted by Gasteiger charge is -2.31. The van der Waals surface area contributed by atoms with E-state index < -0.39 is 36.0 Å². The summed E-state index contributed by atoms with van der Waals surface area (Å²) in [5.41, 5.74) is 5.28. The minimum absolute atomic E-state index is 0.0765. The number of primary amides is 1. The normalized spacial score (nSPS) is 19.5. The first-order chi connectivity index (χ1) is 14.9. The second-order valence-corrected chi connectivity index (χ2v) is 10.7. The molecular weight excluding hydrogens is 430 g/mol. The summed E-state index contributed by atoms with van der Waals surface area (Å²) in [6.45, 7) is 9.86. The standard InChI is InChI=1S/C22H35N5O4S/c1-13(2)24-21(31)26-15-8-9-27(17(28)12-22(3,4)5)18(15)20(30)25-16(19(23)29)11-14-7-6-10-32-14/h6-7,10,13,15-16,18H,8-9,11-12H2,1-5H3,(H2,23,29)(H,25,30)(H2,24,26,31). The van der Waals surface area contributed by atoms with E-state index >= 15 is 0 Å². The second kappa shape index (κ2) is 10.8. The van der Waals surface area contributed by atoms with Gasteiger partial charge >= 0.3 is 6.03 Å². The average molecular weight is 466 g/mol. The molecule has 0 bridgehead atoms. The predicted octanol–water partition coefficient (Wildman–Crippen LogP) is 1.37. The van der Waals surface area contributed by atoms with Crippen molar-refractivity contribution in [1.29, 1.82) is 0 Å². The Bertz CT molecular complexity index is 819. The van der Waals surface area contributed by atoms with Crippen molar-refractivity contribution < 1.29 is 19.2 Å². The van der Waals surface area contributed by atoms with Crippen molar-refractivity contribution in [2.75, 3.05) is 6.54 Å². The van der Waals surface area contributed by atoms with Crippen LogP contribution in [0.5, 0.6) is 0 Å². The largest absolute Gasteiger partial charge is 0.368 e. The molecule has 1 aromatic heterocycles. The zero-order valence-electron chi connectivity index (χ0n) is 19.4. The fourth-order valence-corrected chi connectivity index (χ4v) is 4.44. The van der Waals surface area contributed by atoms with Crippen molar-refractivity contribution in [3.8, 4) is 0 Å². The molecule has 1 aromatic rings. The molecule has 1 saturated heterocycles. The van der Waals surface area contributed by atoms with Crippen LogP contribution in [0.15, 0.2) is 17.5 Å². The number of likely N-dealkylation sites (tertiary alicyclic amines) is 1. The number of amides is 5. The Labute approximate surface area is 193 Å². The van der Waals surface area contributed by atoms with Crippen LogP contribution >= 0.6 is 11.3 Å². The van der Waals surface area contributed by atoms with Crippen LogP contribution in [0.1, 0.15) is 52.3 Å². The number of nitrogens with one attached hydrogen (secondary N) is 3. The molecule has 5 N–H and O–H groups in total. The van der Waals surface area contributed by atoms with E-state index in [1.165, 1.54) is 16.2 Å². The summed E-state index contributed by atoms with van der Waals surface area (Å²) in [6.07, 6.45) is 0.967. The molecule has 2 rings (SSSR count). The molecule has 0 radical (unpaired) electrons. The molecule has 0 aliphatic carbocycles. The summed E-state index contributed by atoms with van der Waals surface area (Å²) in [5, 5.41) is 10.2. The summed E-state index contributed by atoms with van der Waals surface area (Å²) < 4.78 is 0. The maximum Gasteiger partial charge on any atom is 0.315 e. The van der Waals surface area contributed by atoms with Crippen LogP contribution in [0, 0.1) is 5.41 Å². The molecule has 10 heteroatoms. The zero-order valence-corrected chi connectivity index (χ0v) is 20.3.